The molecule has 2 aromatic heterocycles. The number of fused-ring (bicyclic) bond motifs is 1. The highest BCUT2D eigenvalue weighted by Crippen LogP contribution is 2.61. The molecular weight excluding hydrogens is 1060 g/mol. The van der Waals surface area contributed by atoms with Gasteiger partial charge in [-0.05, 0) is 12.3 Å². The number of thioether (sulfide) groups is 1. The fraction of sp³-hybridized carbons (Fsp3) is 0.830. The summed E-state index contributed by atoms with van der Waals surface area (Å²) >= 11 is 1.16. The number of anilines is 1. The first-order chi connectivity index (χ1) is 35.4. The Kier molecular flexibility index (Phi) is 30.8. The standard InChI is InChI=1S/C47H86N7O17P3S/c1-5-6-7-8-9-10-11-12-13-14-15-16-17-18-19-20-21-24-35(2)25-22-23-26-38(56)75-30-29-49-37(55)27-28-50-45(59)42(58)47(3,4)32-68-74(65,66)71-73(63,64)67-31-36-41(70-72(60,61)62)40(57)46(69-36)54-34-53-39-43(48)51-33-52-44(39)54/h33-36,40-42,46,57-58H,5-32H2,1-4H3,(H,49,55)(H,50,59)(H,63,64)(H,65,66)(H2,48,51,52)(H2,60,61,62). The van der Waals surface area contributed by atoms with E-state index in [-0.39, 0.29) is 41.6 Å². The van der Waals surface area contributed by atoms with Crippen LogP contribution in [0.1, 0.15) is 182 Å². The third-order valence-corrected chi connectivity index (χ3v) is 16.9. The molecule has 10 N–H and O–H groups in total. The van der Waals surface area contributed by atoms with Crippen LogP contribution in [0.15, 0.2) is 12.7 Å². The number of ether oxygens (including phenoxy) is 1. The first-order valence-corrected chi connectivity index (χ1v) is 32.0. The lowest BCUT2D eigenvalue weighted by molar-refractivity contribution is -0.137. The monoisotopic (exact) mass is 1150 g/mol. The SMILES string of the molecule is CCCCCCCCCCCCCCCCCCCC(C)CCCCC(=O)SCCNC(=O)CCNC(=O)C(O)C(C)(C)COP(=O)(O)OP(=O)(O)OCC1OC(n2cnc3c(N)ncnc32)C(O)C1OP(=O)(O)O. The Morgan fingerprint density at radius 1 is 0.800 bits per heavy atom. The normalized spacial score (nSPS) is 19.7. The van der Waals surface area contributed by atoms with Crippen LogP contribution in [0, 0.1) is 11.3 Å². The van der Waals surface area contributed by atoms with Crippen molar-refractivity contribution in [1.82, 2.24) is 30.2 Å². The van der Waals surface area contributed by atoms with E-state index in [0.717, 1.165) is 48.2 Å². The summed E-state index contributed by atoms with van der Waals surface area (Å²) in [6.07, 6.45) is 21.0. The van der Waals surface area contributed by atoms with Crippen molar-refractivity contribution in [3.05, 3.63) is 12.7 Å². The van der Waals surface area contributed by atoms with Gasteiger partial charge in [0.05, 0.1) is 19.5 Å². The van der Waals surface area contributed by atoms with Gasteiger partial charge in [0.25, 0.3) is 0 Å². The number of unbranched alkanes of at least 4 members (excludes halogenated alkanes) is 17. The summed E-state index contributed by atoms with van der Waals surface area (Å²) in [4.78, 5) is 88.8. The van der Waals surface area contributed by atoms with Crippen molar-refractivity contribution in [3.8, 4) is 0 Å². The zero-order valence-corrected chi connectivity index (χ0v) is 47.7. The van der Waals surface area contributed by atoms with Gasteiger partial charge in [-0.25, -0.2) is 28.6 Å². The van der Waals surface area contributed by atoms with Crippen LogP contribution in [-0.4, -0.2) is 123 Å². The van der Waals surface area contributed by atoms with Crippen molar-refractivity contribution < 1.29 is 80.5 Å². The van der Waals surface area contributed by atoms with Gasteiger partial charge in [-0.15, -0.1) is 0 Å². The number of nitrogens with two attached hydrogens (primary N) is 1. The highest BCUT2D eigenvalue weighted by atomic mass is 32.2. The molecule has 3 rings (SSSR count). The molecule has 75 heavy (non-hydrogen) atoms. The molecule has 0 saturated carbocycles. The van der Waals surface area contributed by atoms with E-state index >= 15 is 0 Å². The second-order valence-corrected chi connectivity index (χ2v) is 25.5. The molecule has 8 unspecified atom stereocenters. The molecule has 8 atom stereocenters. The molecule has 3 heterocycles. The van der Waals surface area contributed by atoms with Gasteiger partial charge in [0.1, 0.15) is 36.3 Å². The Labute approximate surface area is 446 Å². The minimum absolute atomic E-state index is 0.0345. The number of phosphoric acid groups is 3. The molecule has 28 heteroatoms. The van der Waals surface area contributed by atoms with Crippen molar-refractivity contribution in [3.63, 3.8) is 0 Å². The van der Waals surface area contributed by atoms with Crippen LogP contribution in [-0.2, 0) is 50.7 Å². The number of nitrogens with zero attached hydrogens (tertiary/aromatic N) is 4. The number of nitrogens with one attached hydrogen (secondary N) is 2. The average molecular weight is 1150 g/mol. The maximum Gasteiger partial charge on any atom is 0.481 e. The van der Waals surface area contributed by atoms with Gasteiger partial charge >= 0.3 is 23.5 Å². The maximum absolute atomic E-state index is 12.8. The molecule has 1 saturated heterocycles. The Morgan fingerprint density at radius 3 is 1.95 bits per heavy atom. The zero-order chi connectivity index (χ0) is 55.5. The number of carbonyl (C=O) groups is 3. The molecule has 0 aliphatic carbocycles. The van der Waals surface area contributed by atoms with Gasteiger partial charge in [-0.2, -0.15) is 4.31 Å². The highest BCUT2D eigenvalue weighted by Gasteiger charge is 2.50. The molecule has 432 valence electrons. The first kappa shape index (κ1) is 66.8. The van der Waals surface area contributed by atoms with Crippen LogP contribution in [0.25, 0.3) is 11.2 Å². The number of imidazole rings is 1. The number of aliphatic hydroxyl groups is 2. The number of hydrogen-bond acceptors (Lipinski definition) is 18. The quantitative estimate of drug-likeness (QED) is 0.0225. The van der Waals surface area contributed by atoms with Gasteiger partial charge in [-0.1, -0.05) is 168 Å². The van der Waals surface area contributed by atoms with E-state index in [4.69, 9.17) is 19.5 Å². The number of carbonyl (C=O) groups excluding carboxylic acids is 3. The molecule has 0 bridgehead atoms. The number of aliphatic hydroxyl groups excluding tert-OH is 2. The number of rotatable bonds is 42. The first-order valence-electron chi connectivity index (χ1n) is 26.5. The second-order valence-electron chi connectivity index (χ2n) is 20.1. The summed E-state index contributed by atoms with van der Waals surface area (Å²) in [5, 5.41) is 26.8. The van der Waals surface area contributed by atoms with Crippen LogP contribution in [0.4, 0.5) is 5.82 Å². The predicted molar refractivity (Wildman–Crippen MR) is 284 cm³/mol. The topological polar surface area (TPSA) is 364 Å². The third kappa shape index (κ3) is 26.8. The summed E-state index contributed by atoms with van der Waals surface area (Å²) in [6.45, 7) is 5.15. The molecule has 1 fully saturated rings. The van der Waals surface area contributed by atoms with Crippen molar-refractivity contribution in [2.75, 3.05) is 37.8 Å². The number of aromatic nitrogens is 4. The predicted octanol–water partition coefficient (Wildman–Crippen LogP) is 7.90. The lowest BCUT2D eigenvalue weighted by Crippen LogP contribution is -2.46. The Bertz CT molecular complexity index is 2160. The lowest BCUT2D eigenvalue weighted by atomic mass is 9.87. The van der Waals surface area contributed by atoms with Crippen molar-refractivity contribution in [1.29, 1.82) is 0 Å². The molecule has 2 amide bonds. The summed E-state index contributed by atoms with van der Waals surface area (Å²) < 4.78 is 62.6. The number of phosphoric ester groups is 3. The van der Waals surface area contributed by atoms with Gasteiger partial charge in [-0.3, -0.25) is 32.5 Å². The summed E-state index contributed by atoms with van der Waals surface area (Å²) in [6, 6.07) is 0. The second kappa shape index (κ2) is 34.5. The molecule has 0 spiro atoms. The van der Waals surface area contributed by atoms with E-state index in [9.17, 15) is 57.9 Å². The minimum atomic E-state index is -5.58. The average Bonchev–Trinajstić information content (AvgIpc) is 3.90. The Morgan fingerprint density at radius 2 is 1.36 bits per heavy atom. The van der Waals surface area contributed by atoms with Gasteiger partial charge in [0.2, 0.25) is 11.8 Å². The van der Waals surface area contributed by atoms with E-state index in [2.05, 4.69) is 48.3 Å². The Balaban J connectivity index is 1.22. The molecule has 0 radical (unpaired) electrons. The highest BCUT2D eigenvalue weighted by molar-refractivity contribution is 8.13. The molecule has 2 aromatic rings. The van der Waals surface area contributed by atoms with Crippen LogP contribution in [0.3, 0.4) is 0 Å². The summed E-state index contributed by atoms with van der Waals surface area (Å²) in [5.74, 6) is -0.370. The van der Waals surface area contributed by atoms with Gasteiger partial charge in [0.15, 0.2) is 22.8 Å². The fourth-order valence-electron chi connectivity index (χ4n) is 8.49. The lowest BCUT2D eigenvalue weighted by Gasteiger charge is -2.30. The third-order valence-electron chi connectivity index (χ3n) is 12.9. The van der Waals surface area contributed by atoms with Crippen molar-refractivity contribution >= 4 is 69.1 Å². The van der Waals surface area contributed by atoms with E-state index in [0.29, 0.717) is 18.1 Å². The van der Waals surface area contributed by atoms with E-state index in [1.807, 2.05) is 0 Å². The number of amides is 2. The van der Waals surface area contributed by atoms with Crippen LogP contribution < -0.4 is 16.4 Å². The van der Waals surface area contributed by atoms with E-state index in [1.54, 1.807) is 0 Å². The largest absolute Gasteiger partial charge is 0.481 e. The van der Waals surface area contributed by atoms with Gasteiger partial charge < -0.3 is 50.9 Å². The van der Waals surface area contributed by atoms with Crippen LogP contribution in [0.5, 0.6) is 0 Å². The fourth-order valence-corrected chi connectivity index (χ4v) is 12.0. The molecule has 1 aliphatic heterocycles. The maximum atomic E-state index is 12.8. The van der Waals surface area contributed by atoms with Crippen LogP contribution >= 0.6 is 35.2 Å². The summed E-state index contributed by atoms with van der Waals surface area (Å²) in [5.41, 5.74) is 4.30. The van der Waals surface area contributed by atoms with E-state index in [1.165, 1.54) is 129 Å². The number of hydrogen-bond donors (Lipinski definition) is 9. The van der Waals surface area contributed by atoms with Crippen molar-refractivity contribution in [2.45, 2.75) is 206 Å². The van der Waals surface area contributed by atoms with E-state index < -0.39 is 84.6 Å². The smallest absolute Gasteiger partial charge is 0.386 e. The molecule has 0 aromatic carbocycles. The molecule has 24 nitrogen and oxygen atoms in total. The van der Waals surface area contributed by atoms with Crippen molar-refractivity contribution in [2.24, 2.45) is 11.3 Å². The zero-order valence-electron chi connectivity index (χ0n) is 44.2. The molecular formula is C47H86N7O17P3S. The minimum Gasteiger partial charge on any atom is -0.386 e. The Hall–Kier alpha value is -2.44. The van der Waals surface area contributed by atoms with Crippen LogP contribution in [0.2, 0.25) is 0 Å². The molecule has 1 aliphatic rings. The van der Waals surface area contributed by atoms with Gasteiger partial charge in [0, 0.05) is 37.1 Å². The number of nitrogen functional groups attached to an aromatic ring is 1. The summed E-state index contributed by atoms with van der Waals surface area (Å²) in [7, 11) is -16.4.